The van der Waals surface area contributed by atoms with Crippen molar-refractivity contribution in [2.24, 2.45) is 0 Å². The molecule has 0 bridgehead atoms. The molecule has 2 aliphatic rings. The lowest BCUT2D eigenvalue weighted by Crippen LogP contribution is -2.44. The van der Waals surface area contributed by atoms with Crippen LogP contribution in [0.15, 0.2) is 72.3 Å². The van der Waals surface area contributed by atoms with Gasteiger partial charge in [0.05, 0.1) is 0 Å². The van der Waals surface area contributed by atoms with E-state index in [1.54, 1.807) is 12.1 Å². The van der Waals surface area contributed by atoms with E-state index in [0.717, 1.165) is 18.4 Å². The van der Waals surface area contributed by atoms with E-state index in [1.165, 1.54) is 16.8 Å². The highest BCUT2D eigenvalue weighted by Gasteiger charge is 2.47. The summed E-state index contributed by atoms with van der Waals surface area (Å²) in [5.74, 6) is -1.58. The Morgan fingerprint density at radius 1 is 0.839 bits per heavy atom. The van der Waals surface area contributed by atoms with Crippen molar-refractivity contribution < 1.29 is 23.8 Å². The van der Waals surface area contributed by atoms with Crippen LogP contribution in [0.2, 0.25) is 0 Å². The minimum atomic E-state index is -1.05. The smallest absolute Gasteiger partial charge is 0.348 e. The molecule has 0 radical (unpaired) electrons. The van der Waals surface area contributed by atoms with Crippen molar-refractivity contribution in [1.82, 2.24) is 0 Å². The number of carbonyl (C=O) groups is 2. The van der Waals surface area contributed by atoms with Gasteiger partial charge in [-0.25, -0.2) is 9.59 Å². The van der Waals surface area contributed by atoms with Gasteiger partial charge in [-0.1, -0.05) is 54.6 Å². The quantitative estimate of drug-likeness (QED) is 0.335. The fourth-order valence-electron chi connectivity index (χ4n) is 4.19. The van der Waals surface area contributed by atoms with Gasteiger partial charge >= 0.3 is 11.9 Å². The summed E-state index contributed by atoms with van der Waals surface area (Å²) in [6, 6.07) is 21.6. The van der Waals surface area contributed by atoms with Gasteiger partial charge in [0.1, 0.15) is 17.9 Å². The molecule has 5 rings (SSSR count). The third-order valence-electron chi connectivity index (χ3n) is 5.83. The summed E-state index contributed by atoms with van der Waals surface area (Å²) in [4.78, 5) is 24.8. The molecule has 0 amide bonds. The number of rotatable bonds is 4. The van der Waals surface area contributed by atoms with Crippen molar-refractivity contribution in [2.75, 3.05) is 0 Å². The lowest BCUT2D eigenvalue weighted by molar-refractivity contribution is -0.232. The number of esters is 2. The van der Waals surface area contributed by atoms with E-state index in [4.69, 9.17) is 14.2 Å². The molecule has 5 nitrogen and oxygen atoms in total. The Balaban J connectivity index is 1.28. The topological polar surface area (TPSA) is 61.8 Å². The predicted octanol–water partition coefficient (Wildman–Crippen LogP) is 5.17. The zero-order valence-electron chi connectivity index (χ0n) is 17.0. The molecule has 1 saturated heterocycles. The standard InChI is InChI=1S/C26H22O5/c27-24-23(25(28)31-26(30-24)14-3-4-15-26)16-18-10-12-21(13-11-18)29-17-20-8-5-7-19-6-1-2-9-22(19)20/h1-2,5-13,16H,3-4,14-15,17H2. The average molecular weight is 414 g/mol. The summed E-state index contributed by atoms with van der Waals surface area (Å²) in [5, 5.41) is 2.34. The molecule has 0 atom stereocenters. The van der Waals surface area contributed by atoms with Crippen LogP contribution in [0.3, 0.4) is 0 Å². The second-order valence-corrected chi connectivity index (χ2v) is 7.95. The Morgan fingerprint density at radius 2 is 1.52 bits per heavy atom. The zero-order valence-corrected chi connectivity index (χ0v) is 17.0. The van der Waals surface area contributed by atoms with Crippen molar-refractivity contribution >= 4 is 28.8 Å². The first-order valence-corrected chi connectivity index (χ1v) is 10.5. The third kappa shape index (κ3) is 3.91. The number of carbonyl (C=O) groups excluding carboxylic acids is 2. The molecule has 156 valence electrons. The molecule has 1 spiro atoms. The molecule has 1 aliphatic heterocycles. The maximum Gasteiger partial charge on any atom is 0.348 e. The van der Waals surface area contributed by atoms with Crippen molar-refractivity contribution in [3.63, 3.8) is 0 Å². The lowest BCUT2D eigenvalue weighted by Gasteiger charge is -2.32. The van der Waals surface area contributed by atoms with Gasteiger partial charge in [-0.05, 0) is 52.9 Å². The SMILES string of the molecule is O=C1OC2(CCCC2)OC(=O)C1=Cc1ccc(OCc2cccc3ccccc23)cc1. The van der Waals surface area contributed by atoms with E-state index >= 15 is 0 Å². The minimum Gasteiger partial charge on any atom is -0.489 e. The largest absolute Gasteiger partial charge is 0.489 e. The summed E-state index contributed by atoms with van der Waals surface area (Å²) >= 11 is 0. The summed E-state index contributed by atoms with van der Waals surface area (Å²) in [6.07, 6.45) is 4.42. The summed E-state index contributed by atoms with van der Waals surface area (Å²) in [5.41, 5.74) is 1.73. The second-order valence-electron chi connectivity index (χ2n) is 7.95. The molecule has 5 heteroatoms. The zero-order chi connectivity index (χ0) is 21.3. The molecule has 31 heavy (non-hydrogen) atoms. The highest BCUT2D eigenvalue weighted by Crippen LogP contribution is 2.38. The van der Waals surface area contributed by atoms with Gasteiger partial charge in [-0.2, -0.15) is 0 Å². The van der Waals surface area contributed by atoms with Gasteiger partial charge in [0.2, 0.25) is 0 Å². The fraction of sp³-hybridized carbons (Fsp3) is 0.231. The van der Waals surface area contributed by atoms with E-state index in [-0.39, 0.29) is 5.57 Å². The van der Waals surface area contributed by atoms with E-state index in [1.807, 2.05) is 30.3 Å². The summed E-state index contributed by atoms with van der Waals surface area (Å²) in [6.45, 7) is 0.447. The van der Waals surface area contributed by atoms with Gasteiger partial charge in [-0.3, -0.25) is 0 Å². The van der Waals surface area contributed by atoms with Gasteiger partial charge in [0.15, 0.2) is 0 Å². The number of fused-ring (bicyclic) bond motifs is 1. The minimum absolute atomic E-state index is 0.0815. The molecule has 1 aliphatic carbocycles. The van der Waals surface area contributed by atoms with Gasteiger partial charge in [0, 0.05) is 12.8 Å². The first-order chi connectivity index (χ1) is 15.1. The number of ether oxygens (including phenoxy) is 3. The van der Waals surface area contributed by atoms with Crippen molar-refractivity contribution in [3.05, 3.63) is 83.4 Å². The van der Waals surface area contributed by atoms with Crippen LogP contribution in [0, 0.1) is 0 Å². The Kier molecular flexibility index (Phi) is 4.94. The highest BCUT2D eigenvalue weighted by atomic mass is 16.7. The molecule has 1 heterocycles. The molecule has 2 fully saturated rings. The van der Waals surface area contributed by atoms with Gasteiger partial charge < -0.3 is 14.2 Å². The van der Waals surface area contributed by atoms with Crippen molar-refractivity contribution in [3.8, 4) is 5.75 Å². The van der Waals surface area contributed by atoms with Crippen molar-refractivity contribution in [1.29, 1.82) is 0 Å². The molecular weight excluding hydrogens is 392 g/mol. The van der Waals surface area contributed by atoms with Crippen LogP contribution in [-0.2, 0) is 25.7 Å². The fourth-order valence-corrected chi connectivity index (χ4v) is 4.19. The van der Waals surface area contributed by atoms with Crippen LogP contribution >= 0.6 is 0 Å². The van der Waals surface area contributed by atoms with Crippen LogP contribution in [0.4, 0.5) is 0 Å². The maximum atomic E-state index is 12.4. The Hall–Kier alpha value is -3.60. The van der Waals surface area contributed by atoms with E-state index in [2.05, 4.69) is 24.3 Å². The Labute approximate surface area is 180 Å². The molecule has 0 N–H and O–H groups in total. The van der Waals surface area contributed by atoms with Gasteiger partial charge in [0.25, 0.3) is 5.79 Å². The van der Waals surface area contributed by atoms with E-state index in [0.29, 0.717) is 30.8 Å². The van der Waals surface area contributed by atoms with Crippen molar-refractivity contribution in [2.45, 2.75) is 38.1 Å². The predicted molar refractivity (Wildman–Crippen MR) is 116 cm³/mol. The van der Waals surface area contributed by atoms with Crippen LogP contribution in [-0.4, -0.2) is 17.7 Å². The molecule has 0 unspecified atom stereocenters. The maximum absolute atomic E-state index is 12.4. The molecule has 3 aromatic carbocycles. The van der Waals surface area contributed by atoms with Crippen LogP contribution in [0.5, 0.6) is 5.75 Å². The van der Waals surface area contributed by atoms with Crippen LogP contribution in [0.25, 0.3) is 16.8 Å². The molecule has 3 aromatic rings. The monoisotopic (exact) mass is 414 g/mol. The normalized spacial score (nSPS) is 17.5. The number of benzene rings is 3. The molecule has 0 aromatic heterocycles. The highest BCUT2D eigenvalue weighted by molar-refractivity contribution is 6.18. The Morgan fingerprint density at radius 3 is 2.26 bits per heavy atom. The number of hydrogen-bond donors (Lipinski definition) is 0. The van der Waals surface area contributed by atoms with Gasteiger partial charge in [-0.15, -0.1) is 0 Å². The molecular formula is C26H22O5. The average Bonchev–Trinajstić information content (AvgIpc) is 3.23. The lowest BCUT2D eigenvalue weighted by atomic mass is 10.1. The first-order valence-electron chi connectivity index (χ1n) is 10.5. The van der Waals surface area contributed by atoms with E-state index < -0.39 is 17.7 Å². The second kappa shape index (κ2) is 7.91. The first kappa shape index (κ1) is 19.4. The number of hydrogen-bond acceptors (Lipinski definition) is 5. The Bertz CT molecular complexity index is 1140. The summed E-state index contributed by atoms with van der Waals surface area (Å²) < 4.78 is 16.9. The third-order valence-corrected chi connectivity index (χ3v) is 5.83. The summed E-state index contributed by atoms with van der Waals surface area (Å²) in [7, 11) is 0. The van der Waals surface area contributed by atoms with E-state index in [9.17, 15) is 9.59 Å². The molecule has 1 saturated carbocycles. The van der Waals surface area contributed by atoms with Crippen LogP contribution < -0.4 is 4.74 Å². The van der Waals surface area contributed by atoms with Crippen LogP contribution in [0.1, 0.15) is 36.8 Å².